The molecule has 0 atom stereocenters. The lowest BCUT2D eigenvalue weighted by atomic mass is 9.87. The molecule has 0 spiro atoms. The number of hydrogen-bond donors (Lipinski definition) is 3. The van der Waals surface area contributed by atoms with E-state index in [0.717, 1.165) is 5.69 Å². The Morgan fingerprint density at radius 3 is 2.88 bits per heavy atom. The van der Waals surface area contributed by atoms with Gasteiger partial charge in [-0.05, 0) is 31.4 Å². The van der Waals surface area contributed by atoms with Gasteiger partial charge in [0, 0.05) is 30.6 Å². The summed E-state index contributed by atoms with van der Waals surface area (Å²) in [6.45, 7) is 0.418. The number of hydrogen-bond acceptors (Lipinski definition) is 4. The van der Waals surface area contributed by atoms with Crippen molar-refractivity contribution in [3.8, 4) is 0 Å². The summed E-state index contributed by atoms with van der Waals surface area (Å²) in [5.74, 6) is 1.01. The van der Waals surface area contributed by atoms with Gasteiger partial charge < -0.3 is 15.1 Å². The van der Waals surface area contributed by atoms with Crippen molar-refractivity contribution in [2.24, 2.45) is 0 Å². The van der Waals surface area contributed by atoms with Crippen molar-refractivity contribution in [3.63, 3.8) is 0 Å². The third kappa shape index (κ3) is 4.95. The molecule has 134 valence electrons. The topological polar surface area (TPSA) is 100 Å². The van der Waals surface area contributed by atoms with Gasteiger partial charge in [-0.2, -0.15) is 5.10 Å². The minimum absolute atomic E-state index is 0.103. The molecule has 7 nitrogen and oxygen atoms in total. The Hall–Kier alpha value is -2.57. The fourth-order valence-corrected chi connectivity index (χ4v) is 3.17. The molecule has 0 aliphatic heterocycles. The average molecular weight is 344 g/mol. The number of rotatable bonds is 7. The molecule has 3 rings (SSSR count). The molecule has 1 fully saturated rings. The van der Waals surface area contributed by atoms with Crippen molar-refractivity contribution < 1.29 is 14.0 Å². The minimum atomic E-state index is -0.269. The van der Waals surface area contributed by atoms with Gasteiger partial charge in [-0.1, -0.05) is 19.3 Å². The summed E-state index contributed by atoms with van der Waals surface area (Å²) in [5.41, 5.74) is 1.11. The van der Waals surface area contributed by atoms with E-state index in [1.54, 1.807) is 12.1 Å². The van der Waals surface area contributed by atoms with E-state index in [0.29, 0.717) is 31.1 Å². The van der Waals surface area contributed by atoms with E-state index >= 15 is 0 Å². The van der Waals surface area contributed by atoms with Gasteiger partial charge in [-0.25, -0.2) is 0 Å². The average Bonchev–Trinajstić information content (AvgIpc) is 3.31. The summed E-state index contributed by atoms with van der Waals surface area (Å²) in [5, 5.41) is 12.8. The van der Waals surface area contributed by atoms with E-state index in [4.69, 9.17) is 4.42 Å². The van der Waals surface area contributed by atoms with Crippen LogP contribution in [0.4, 0.5) is 5.82 Å². The zero-order chi connectivity index (χ0) is 17.5. The number of carbonyl (C=O) groups is 2. The molecule has 2 amide bonds. The quantitative estimate of drug-likeness (QED) is 0.672. The van der Waals surface area contributed by atoms with E-state index in [9.17, 15) is 9.59 Å². The van der Waals surface area contributed by atoms with Crippen molar-refractivity contribution in [1.82, 2.24) is 15.5 Å². The van der Waals surface area contributed by atoms with Gasteiger partial charge in [0.15, 0.2) is 11.6 Å². The Labute approximate surface area is 146 Å². The molecule has 0 saturated heterocycles. The Kier molecular flexibility index (Phi) is 5.87. The Bertz CT molecular complexity index is 687. The summed E-state index contributed by atoms with van der Waals surface area (Å²) in [4.78, 5) is 23.7. The third-order valence-corrected chi connectivity index (χ3v) is 4.52. The van der Waals surface area contributed by atoms with Gasteiger partial charge in [0.2, 0.25) is 5.91 Å². The predicted octanol–water partition coefficient (Wildman–Crippen LogP) is 3.20. The normalized spacial score (nSPS) is 15.0. The lowest BCUT2D eigenvalue weighted by Gasteiger charge is -2.19. The second-order valence-corrected chi connectivity index (χ2v) is 6.43. The van der Waals surface area contributed by atoms with E-state index in [-0.39, 0.29) is 17.6 Å². The maximum Gasteiger partial charge on any atom is 0.286 e. The van der Waals surface area contributed by atoms with Crippen molar-refractivity contribution in [2.75, 3.05) is 11.9 Å². The van der Waals surface area contributed by atoms with Crippen LogP contribution in [0.1, 0.15) is 67.1 Å². The first kappa shape index (κ1) is 17.3. The molecule has 2 aromatic heterocycles. The van der Waals surface area contributed by atoms with Crippen LogP contribution in [0.3, 0.4) is 0 Å². The highest BCUT2D eigenvalue weighted by molar-refractivity contribution is 5.91. The molecular formula is C18H24N4O3. The van der Waals surface area contributed by atoms with Crippen LogP contribution in [0.2, 0.25) is 0 Å². The van der Waals surface area contributed by atoms with Crippen LogP contribution in [0.5, 0.6) is 0 Å². The molecule has 3 N–H and O–H groups in total. The van der Waals surface area contributed by atoms with Crippen molar-refractivity contribution in [2.45, 2.75) is 50.9 Å². The number of furan rings is 1. The molecule has 0 bridgehead atoms. The first-order chi connectivity index (χ1) is 12.2. The van der Waals surface area contributed by atoms with Gasteiger partial charge in [-0.15, -0.1) is 0 Å². The molecule has 1 aliphatic rings. The number of carbonyl (C=O) groups excluding carboxylic acids is 2. The van der Waals surface area contributed by atoms with Crippen LogP contribution < -0.4 is 10.6 Å². The lowest BCUT2D eigenvalue weighted by molar-refractivity contribution is -0.116. The van der Waals surface area contributed by atoms with Crippen LogP contribution in [0.25, 0.3) is 0 Å². The maximum atomic E-state index is 12.0. The molecular weight excluding hydrogens is 320 g/mol. The van der Waals surface area contributed by atoms with E-state index in [2.05, 4.69) is 20.8 Å². The molecule has 2 heterocycles. The summed E-state index contributed by atoms with van der Waals surface area (Å²) in [6.07, 6.45) is 8.53. The molecule has 0 radical (unpaired) electrons. The highest BCUT2D eigenvalue weighted by atomic mass is 16.3. The van der Waals surface area contributed by atoms with Gasteiger partial charge in [0.1, 0.15) is 0 Å². The molecule has 1 aliphatic carbocycles. The van der Waals surface area contributed by atoms with Crippen molar-refractivity contribution in [3.05, 3.63) is 35.9 Å². The van der Waals surface area contributed by atoms with Gasteiger partial charge >= 0.3 is 0 Å². The SMILES string of the molecule is O=C(CCCNC(=O)c1ccco1)Nc1cc(C2CCCCC2)[nH]n1. The first-order valence-corrected chi connectivity index (χ1v) is 8.89. The van der Waals surface area contributed by atoms with E-state index in [1.165, 1.54) is 38.4 Å². The Morgan fingerprint density at radius 1 is 1.28 bits per heavy atom. The summed E-state index contributed by atoms with van der Waals surface area (Å²) >= 11 is 0. The van der Waals surface area contributed by atoms with Crippen LogP contribution >= 0.6 is 0 Å². The Morgan fingerprint density at radius 2 is 2.12 bits per heavy atom. The lowest BCUT2D eigenvalue weighted by Crippen LogP contribution is -2.25. The summed E-state index contributed by atoms with van der Waals surface area (Å²) in [7, 11) is 0. The van der Waals surface area contributed by atoms with Crippen LogP contribution in [-0.2, 0) is 4.79 Å². The van der Waals surface area contributed by atoms with Gasteiger partial charge in [0.25, 0.3) is 5.91 Å². The molecule has 2 aromatic rings. The zero-order valence-corrected chi connectivity index (χ0v) is 14.2. The van der Waals surface area contributed by atoms with Crippen LogP contribution in [0, 0.1) is 0 Å². The Balaban J connectivity index is 1.36. The first-order valence-electron chi connectivity index (χ1n) is 8.89. The highest BCUT2D eigenvalue weighted by Crippen LogP contribution is 2.32. The smallest absolute Gasteiger partial charge is 0.286 e. The second-order valence-electron chi connectivity index (χ2n) is 6.43. The largest absolute Gasteiger partial charge is 0.459 e. The third-order valence-electron chi connectivity index (χ3n) is 4.52. The number of H-pyrrole nitrogens is 1. The van der Waals surface area contributed by atoms with E-state index in [1.807, 2.05) is 6.07 Å². The number of nitrogens with zero attached hydrogens (tertiary/aromatic N) is 1. The number of aromatic nitrogens is 2. The van der Waals surface area contributed by atoms with Crippen LogP contribution in [-0.4, -0.2) is 28.6 Å². The molecule has 0 unspecified atom stereocenters. The number of nitrogens with one attached hydrogen (secondary N) is 3. The predicted molar refractivity (Wildman–Crippen MR) is 93.3 cm³/mol. The van der Waals surface area contributed by atoms with Crippen molar-refractivity contribution in [1.29, 1.82) is 0 Å². The second kappa shape index (κ2) is 8.50. The fraction of sp³-hybridized carbons (Fsp3) is 0.500. The number of anilines is 1. The highest BCUT2D eigenvalue weighted by Gasteiger charge is 2.18. The van der Waals surface area contributed by atoms with Gasteiger partial charge in [0.05, 0.1) is 6.26 Å². The summed E-state index contributed by atoms with van der Waals surface area (Å²) in [6, 6.07) is 5.20. The summed E-state index contributed by atoms with van der Waals surface area (Å²) < 4.78 is 5.00. The number of amides is 2. The standard InChI is InChI=1S/C18H24N4O3/c23-17(9-4-10-19-18(24)15-8-5-11-25-15)20-16-12-14(21-22-16)13-6-2-1-3-7-13/h5,8,11-13H,1-4,6-7,9-10H2,(H,19,24)(H2,20,21,22,23). The molecule has 1 saturated carbocycles. The van der Waals surface area contributed by atoms with Gasteiger partial charge in [-0.3, -0.25) is 14.7 Å². The maximum absolute atomic E-state index is 12.0. The molecule has 25 heavy (non-hydrogen) atoms. The molecule has 0 aromatic carbocycles. The fourth-order valence-electron chi connectivity index (χ4n) is 3.17. The number of aromatic amines is 1. The van der Waals surface area contributed by atoms with E-state index < -0.39 is 0 Å². The molecule has 7 heteroatoms. The van der Waals surface area contributed by atoms with Crippen LogP contribution in [0.15, 0.2) is 28.9 Å². The minimum Gasteiger partial charge on any atom is -0.459 e. The zero-order valence-electron chi connectivity index (χ0n) is 14.2. The monoisotopic (exact) mass is 344 g/mol. The van der Waals surface area contributed by atoms with Crippen molar-refractivity contribution >= 4 is 17.6 Å².